The van der Waals surface area contributed by atoms with E-state index in [4.69, 9.17) is 4.74 Å². The smallest absolute Gasteiger partial charge is 0.220 e. The molecule has 1 saturated heterocycles. The zero-order valence-corrected chi connectivity index (χ0v) is 17.6. The average Bonchev–Trinajstić information content (AvgIpc) is 2.73. The van der Waals surface area contributed by atoms with Crippen LogP contribution in [0.15, 0.2) is 54.6 Å². The summed E-state index contributed by atoms with van der Waals surface area (Å²) in [6.07, 6.45) is 1.61. The fraction of sp³-hybridized carbons (Fsp3) is 0.458. The molecule has 0 bridgehead atoms. The van der Waals surface area contributed by atoms with Crippen molar-refractivity contribution < 1.29 is 9.53 Å². The molecule has 2 aromatic carbocycles. The fourth-order valence-electron chi connectivity index (χ4n) is 3.62. The SMILES string of the molecule is CC(C)Oc1cccc(CNC(=O)CCCN2CCN(c3ccccc3)CC2)c1. The quantitative estimate of drug-likeness (QED) is 0.703. The minimum atomic E-state index is 0.114. The lowest BCUT2D eigenvalue weighted by Gasteiger charge is -2.36. The van der Waals surface area contributed by atoms with Crippen LogP contribution in [0.4, 0.5) is 5.69 Å². The molecule has 29 heavy (non-hydrogen) atoms. The van der Waals surface area contributed by atoms with Crippen molar-refractivity contribution in [3.8, 4) is 5.75 Å². The number of carbonyl (C=O) groups excluding carboxylic acids is 1. The lowest BCUT2D eigenvalue weighted by molar-refractivity contribution is -0.121. The monoisotopic (exact) mass is 395 g/mol. The van der Waals surface area contributed by atoms with Crippen molar-refractivity contribution in [1.29, 1.82) is 0 Å². The Bertz CT molecular complexity index is 756. The van der Waals surface area contributed by atoms with Gasteiger partial charge in [0.05, 0.1) is 6.10 Å². The molecule has 0 radical (unpaired) electrons. The second kappa shape index (κ2) is 10.9. The highest BCUT2D eigenvalue weighted by molar-refractivity contribution is 5.75. The van der Waals surface area contributed by atoms with Gasteiger partial charge in [0.15, 0.2) is 0 Å². The number of piperazine rings is 1. The van der Waals surface area contributed by atoms with Crippen molar-refractivity contribution in [2.45, 2.75) is 39.3 Å². The Morgan fingerprint density at radius 1 is 1.03 bits per heavy atom. The molecule has 1 amide bonds. The molecule has 0 aromatic heterocycles. The Hall–Kier alpha value is -2.53. The van der Waals surface area contributed by atoms with Gasteiger partial charge in [-0.2, -0.15) is 0 Å². The number of hydrogen-bond acceptors (Lipinski definition) is 4. The summed E-state index contributed by atoms with van der Waals surface area (Å²) in [6.45, 7) is 9.75. The van der Waals surface area contributed by atoms with Gasteiger partial charge in [-0.25, -0.2) is 0 Å². The van der Waals surface area contributed by atoms with Crippen LogP contribution in [0.2, 0.25) is 0 Å². The maximum atomic E-state index is 12.2. The molecule has 1 aliphatic rings. The number of para-hydroxylation sites is 1. The van der Waals surface area contributed by atoms with Crippen molar-refractivity contribution in [3.05, 3.63) is 60.2 Å². The molecule has 0 spiro atoms. The van der Waals surface area contributed by atoms with Crippen molar-refractivity contribution >= 4 is 11.6 Å². The fourth-order valence-corrected chi connectivity index (χ4v) is 3.62. The van der Waals surface area contributed by atoms with Crippen LogP contribution in [0.1, 0.15) is 32.3 Å². The van der Waals surface area contributed by atoms with E-state index in [0.29, 0.717) is 13.0 Å². The molecule has 0 unspecified atom stereocenters. The maximum absolute atomic E-state index is 12.2. The van der Waals surface area contributed by atoms with E-state index in [0.717, 1.165) is 50.5 Å². The van der Waals surface area contributed by atoms with Gasteiger partial charge in [0, 0.05) is 44.8 Å². The third-order valence-electron chi connectivity index (χ3n) is 5.13. The van der Waals surface area contributed by atoms with Crippen LogP contribution in [0.25, 0.3) is 0 Å². The van der Waals surface area contributed by atoms with E-state index in [-0.39, 0.29) is 12.0 Å². The number of nitrogens with zero attached hydrogens (tertiary/aromatic N) is 2. The Labute approximate surface area is 174 Å². The Morgan fingerprint density at radius 2 is 1.79 bits per heavy atom. The van der Waals surface area contributed by atoms with E-state index >= 15 is 0 Å². The first-order chi connectivity index (χ1) is 14.1. The molecule has 0 atom stereocenters. The van der Waals surface area contributed by atoms with Crippen LogP contribution in [-0.4, -0.2) is 49.6 Å². The summed E-state index contributed by atoms with van der Waals surface area (Å²) in [5.74, 6) is 0.962. The van der Waals surface area contributed by atoms with Crippen LogP contribution in [0, 0.1) is 0 Å². The molecule has 1 aliphatic heterocycles. The Balaban J connectivity index is 1.31. The summed E-state index contributed by atoms with van der Waals surface area (Å²) < 4.78 is 5.71. The van der Waals surface area contributed by atoms with Gasteiger partial charge < -0.3 is 15.0 Å². The van der Waals surface area contributed by atoms with Crippen molar-refractivity contribution in [3.63, 3.8) is 0 Å². The summed E-state index contributed by atoms with van der Waals surface area (Å²) in [5.41, 5.74) is 2.36. The van der Waals surface area contributed by atoms with E-state index in [1.54, 1.807) is 0 Å². The second-order valence-electron chi connectivity index (χ2n) is 7.86. The summed E-state index contributed by atoms with van der Waals surface area (Å²) in [4.78, 5) is 17.1. The summed E-state index contributed by atoms with van der Waals surface area (Å²) >= 11 is 0. The molecule has 2 aromatic rings. The van der Waals surface area contributed by atoms with E-state index < -0.39 is 0 Å². The van der Waals surface area contributed by atoms with Crippen LogP contribution >= 0.6 is 0 Å². The zero-order valence-electron chi connectivity index (χ0n) is 17.6. The van der Waals surface area contributed by atoms with Gasteiger partial charge >= 0.3 is 0 Å². The molecule has 1 fully saturated rings. The molecule has 156 valence electrons. The summed E-state index contributed by atoms with van der Waals surface area (Å²) in [5, 5.41) is 3.02. The molecule has 0 aliphatic carbocycles. The first kappa shape index (κ1) is 21.2. The minimum absolute atomic E-state index is 0.114. The molecule has 0 saturated carbocycles. The standard InChI is InChI=1S/C24H33N3O2/c1-20(2)29-23-11-6-8-21(18-23)19-25-24(28)12-7-13-26-14-16-27(17-15-26)22-9-4-3-5-10-22/h3-6,8-11,18,20H,7,12-17,19H2,1-2H3,(H,25,28). The third kappa shape index (κ3) is 7.09. The number of carbonyl (C=O) groups is 1. The van der Waals surface area contributed by atoms with Gasteiger partial charge in [-0.3, -0.25) is 9.69 Å². The lowest BCUT2D eigenvalue weighted by atomic mass is 10.2. The normalized spacial score (nSPS) is 14.8. The van der Waals surface area contributed by atoms with Crippen LogP contribution < -0.4 is 15.0 Å². The maximum Gasteiger partial charge on any atom is 0.220 e. The largest absolute Gasteiger partial charge is 0.491 e. The Morgan fingerprint density at radius 3 is 2.52 bits per heavy atom. The van der Waals surface area contributed by atoms with Gasteiger partial charge in [0.1, 0.15) is 5.75 Å². The van der Waals surface area contributed by atoms with Crippen LogP contribution in [0.5, 0.6) is 5.75 Å². The van der Waals surface area contributed by atoms with E-state index in [1.165, 1.54) is 5.69 Å². The minimum Gasteiger partial charge on any atom is -0.491 e. The third-order valence-corrected chi connectivity index (χ3v) is 5.13. The summed E-state index contributed by atoms with van der Waals surface area (Å²) in [6, 6.07) is 18.5. The van der Waals surface area contributed by atoms with E-state index in [9.17, 15) is 4.79 Å². The second-order valence-corrected chi connectivity index (χ2v) is 7.86. The Kier molecular flexibility index (Phi) is 7.94. The average molecular weight is 396 g/mol. The van der Waals surface area contributed by atoms with Crippen molar-refractivity contribution in [1.82, 2.24) is 10.2 Å². The first-order valence-corrected chi connectivity index (χ1v) is 10.6. The van der Waals surface area contributed by atoms with Gasteiger partial charge in [-0.15, -0.1) is 0 Å². The lowest BCUT2D eigenvalue weighted by Crippen LogP contribution is -2.46. The highest BCUT2D eigenvalue weighted by atomic mass is 16.5. The number of ether oxygens (including phenoxy) is 1. The number of amides is 1. The highest BCUT2D eigenvalue weighted by Crippen LogP contribution is 2.16. The van der Waals surface area contributed by atoms with Gasteiger partial charge in [-0.05, 0) is 56.6 Å². The predicted octanol–water partition coefficient (Wildman–Crippen LogP) is 3.69. The van der Waals surface area contributed by atoms with E-state index in [1.807, 2.05) is 38.1 Å². The van der Waals surface area contributed by atoms with Crippen molar-refractivity contribution in [2.24, 2.45) is 0 Å². The van der Waals surface area contributed by atoms with Gasteiger partial charge in [0.2, 0.25) is 5.91 Å². The predicted molar refractivity (Wildman–Crippen MR) is 118 cm³/mol. The number of benzene rings is 2. The molecular weight excluding hydrogens is 362 g/mol. The molecule has 5 nitrogen and oxygen atoms in total. The molecule has 1 N–H and O–H groups in total. The van der Waals surface area contributed by atoms with E-state index in [2.05, 4.69) is 45.4 Å². The molecule has 3 rings (SSSR count). The van der Waals surface area contributed by atoms with Gasteiger partial charge in [0.25, 0.3) is 0 Å². The van der Waals surface area contributed by atoms with Crippen LogP contribution in [0.3, 0.4) is 0 Å². The number of nitrogens with one attached hydrogen (secondary N) is 1. The molecule has 1 heterocycles. The van der Waals surface area contributed by atoms with Crippen LogP contribution in [-0.2, 0) is 11.3 Å². The molecular formula is C24H33N3O2. The molecule has 5 heteroatoms. The summed E-state index contributed by atoms with van der Waals surface area (Å²) in [7, 11) is 0. The first-order valence-electron chi connectivity index (χ1n) is 10.6. The highest BCUT2D eigenvalue weighted by Gasteiger charge is 2.16. The number of hydrogen-bond donors (Lipinski definition) is 1. The number of anilines is 1. The number of rotatable bonds is 9. The van der Waals surface area contributed by atoms with Gasteiger partial charge in [-0.1, -0.05) is 30.3 Å². The zero-order chi connectivity index (χ0) is 20.5. The van der Waals surface area contributed by atoms with Crippen molar-refractivity contribution in [2.75, 3.05) is 37.6 Å². The topological polar surface area (TPSA) is 44.8 Å².